The third-order valence-corrected chi connectivity index (χ3v) is 5.78. The second kappa shape index (κ2) is 6.59. The summed E-state index contributed by atoms with van der Waals surface area (Å²) in [6.07, 6.45) is 5.45. The lowest BCUT2D eigenvalue weighted by molar-refractivity contribution is -0.121. The predicted octanol–water partition coefficient (Wildman–Crippen LogP) is 2.12. The van der Waals surface area contributed by atoms with Crippen LogP contribution >= 0.6 is 11.3 Å². The number of aryl methyl sites for hydroxylation is 2. The molecule has 1 saturated carbocycles. The van der Waals surface area contributed by atoms with E-state index in [1.807, 2.05) is 22.8 Å². The van der Waals surface area contributed by atoms with Gasteiger partial charge >= 0.3 is 0 Å². The smallest absolute Gasteiger partial charge is 0.272 e. The molecule has 0 spiro atoms. The minimum atomic E-state index is -0.0297. The molecule has 3 aromatic heterocycles. The Bertz CT molecular complexity index is 980. The molecule has 0 aliphatic heterocycles. The maximum Gasteiger partial charge on any atom is 0.272 e. The average Bonchev–Trinajstić information content (AvgIpc) is 3.33. The van der Waals surface area contributed by atoms with E-state index in [9.17, 15) is 9.59 Å². The first kappa shape index (κ1) is 16.3. The number of aromatic nitrogens is 4. The number of carbonyl (C=O) groups is 1. The molecule has 3 aromatic rings. The average molecular weight is 359 g/mol. The summed E-state index contributed by atoms with van der Waals surface area (Å²) < 4.78 is 4.25. The molecule has 0 unspecified atom stereocenters. The molecule has 1 fully saturated rings. The first-order valence-electron chi connectivity index (χ1n) is 8.82. The van der Waals surface area contributed by atoms with Crippen LogP contribution in [0.5, 0.6) is 0 Å². The molecule has 1 amide bonds. The number of amides is 1. The first-order valence-corrected chi connectivity index (χ1v) is 9.70. The van der Waals surface area contributed by atoms with Crippen LogP contribution in [0.4, 0.5) is 0 Å². The molecule has 0 bridgehead atoms. The molecule has 0 aromatic carbocycles. The van der Waals surface area contributed by atoms with Crippen LogP contribution in [-0.4, -0.2) is 31.1 Å². The maximum atomic E-state index is 12.5. The van der Waals surface area contributed by atoms with Gasteiger partial charge in [0.1, 0.15) is 10.5 Å². The van der Waals surface area contributed by atoms with Crippen molar-refractivity contribution in [3.8, 4) is 0 Å². The summed E-state index contributed by atoms with van der Waals surface area (Å²) in [6.45, 7) is 2.46. The molecular weight excluding hydrogens is 338 g/mol. The zero-order valence-electron chi connectivity index (χ0n) is 14.2. The molecule has 7 nitrogen and oxygen atoms in total. The van der Waals surface area contributed by atoms with Crippen molar-refractivity contribution in [3.63, 3.8) is 0 Å². The van der Waals surface area contributed by atoms with Crippen molar-refractivity contribution in [2.24, 2.45) is 0 Å². The number of thiophene rings is 1. The van der Waals surface area contributed by atoms with Gasteiger partial charge in [-0.2, -0.15) is 0 Å². The molecule has 0 atom stereocenters. The quantitative estimate of drug-likeness (QED) is 0.756. The fraction of sp³-hybridized carbons (Fsp3) is 0.529. The summed E-state index contributed by atoms with van der Waals surface area (Å²) in [6, 6.07) is 2.25. The van der Waals surface area contributed by atoms with Gasteiger partial charge in [0.15, 0.2) is 0 Å². The van der Waals surface area contributed by atoms with E-state index in [-0.39, 0.29) is 11.5 Å². The zero-order valence-corrected chi connectivity index (χ0v) is 15.0. The molecule has 1 aliphatic rings. The zero-order chi connectivity index (χ0) is 17.4. The van der Waals surface area contributed by atoms with E-state index in [0.717, 1.165) is 24.2 Å². The van der Waals surface area contributed by atoms with Crippen LogP contribution in [0.3, 0.4) is 0 Å². The summed E-state index contributed by atoms with van der Waals surface area (Å²) in [7, 11) is 0. The van der Waals surface area contributed by atoms with Crippen LogP contribution in [0, 0.1) is 0 Å². The lowest BCUT2D eigenvalue weighted by Crippen LogP contribution is -2.32. The number of rotatable bonds is 5. The third-order valence-electron chi connectivity index (χ3n) is 4.89. The van der Waals surface area contributed by atoms with E-state index in [2.05, 4.69) is 15.5 Å². The van der Waals surface area contributed by atoms with Gasteiger partial charge in [-0.05, 0) is 31.2 Å². The van der Waals surface area contributed by atoms with Crippen molar-refractivity contribution in [3.05, 3.63) is 27.6 Å². The Morgan fingerprint density at radius 1 is 1.36 bits per heavy atom. The van der Waals surface area contributed by atoms with E-state index in [1.165, 1.54) is 24.2 Å². The van der Waals surface area contributed by atoms with Crippen molar-refractivity contribution in [1.29, 1.82) is 0 Å². The highest BCUT2D eigenvalue weighted by Gasteiger charge is 2.19. The van der Waals surface area contributed by atoms with E-state index in [4.69, 9.17) is 0 Å². The maximum absolute atomic E-state index is 12.5. The van der Waals surface area contributed by atoms with Gasteiger partial charge in [-0.25, -0.2) is 0 Å². The summed E-state index contributed by atoms with van der Waals surface area (Å²) >= 11 is 1.43. The molecule has 3 heterocycles. The Balaban J connectivity index is 1.63. The van der Waals surface area contributed by atoms with Crippen molar-refractivity contribution < 1.29 is 4.79 Å². The van der Waals surface area contributed by atoms with Crippen LogP contribution in [0.15, 0.2) is 16.2 Å². The van der Waals surface area contributed by atoms with Gasteiger partial charge in [0.25, 0.3) is 5.56 Å². The molecule has 1 N–H and O–H groups in total. The highest BCUT2D eigenvalue weighted by molar-refractivity contribution is 7.17. The van der Waals surface area contributed by atoms with Crippen molar-refractivity contribution >= 4 is 33.2 Å². The molecular formula is C17H21N5O2S. The Kier molecular flexibility index (Phi) is 4.29. The van der Waals surface area contributed by atoms with Gasteiger partial charge in [-0.15, -0.1) is 21.5 Å². The summed E-state index contributed by atoms with van der Waals surface area (Å²) in [5, 5.41) is 13.5. The normalized spacial score (nSPS) is 15.4. The number of nitrogens with one attached hydrogen (secondary N) is 1. The second-order valence-electron chi connectivity index (χ2n) is 6.48. The van der Waals surface area contributed by atoms with Crippen LogP contribution in [0.2, 0.25) is 0 Å². The van der Waals surface area contributed by atoms with Crippen LogP contribution in [-0.2, 0) is 17.8 Å². The number of carbonyl (C=O) groups excluding carboxylic acids is 1. The first-order chi connectivity index (χ1) is 12.2. The Labute approximate surface area is 148 Å². The van der Waals surface area contributed by atoms with E-state index in [0.29, 0.717) is 35.9 Å². The second-order valence-corrected chi connectivity index (χ2v) is 7.40. The summed E-state index contributed by atoms with van der Waals surface area (Å²) in [4.78, 5) is 24.7. The monoisotopic (exact) mass is 359 g/mol. The largest absolute Gasteiger partial charge is 0.353 e. The lowest BCUT2D eigenvalue weighted by Gasteiger charge is -2.11. The van der Waals surface area contributed by atoms with E-state index < -0.39 is 0 Å². The van der Waals surface area contributed by atoms with Crippen LogP contribution < -0.4 is 10.9 Å². The molecule has 8 heteroatoms. The third kappa shape index (κ3) is 2.84. The lowest BCUT2D eigenvalue weighted by atomic mass is 10.2. The van der Waals surface area contributed by atoms with Gasteiger partial charge in [0.05, 0.1) is 5.52 Å². The Morgan fingerprint density at radius 2 is 2.16 bits per heavy atom. The molecule has 1 aliphatic carbocycles. The number of nitrogens with zero attached hydrogens (tertiary/aromatic N) is 4. The van der Waals surface area contributed by atoms with E-state index in [1.54, 1.807) is 4.57 Å². The van der Waals surface area contributed by atoms with Gasteiger partial charge in [0.2, 0.25) is 11.7 Å². The summed E-state index contributed by atoms with van der Waals surface area (Å²) in [5.74, 6) is 1.33. The molecule has 25 heavy (non-hydrogen) atoms. The number of fused-ring (bicyclic) bond motifs is 3. The topological polar surface area (TPSA) is 81.3 Å². The van der Waals surface area contributed by atoms with Crippen molar-refractivity contribution in [2.45, 2.75) is 58.0 Å². The van der Waals surface area contributed by atoms with Crippen LogP contribution in [0.25, 0.3) is 16.0 Å². The highest BCUT2D eigenvalue weighted by atomic mass is 32.1. The predicted molar refractivity (Wildman–Crippen MR) is 97.0 cm³/mol. The minimum absolute atomic E-state index is 0.0297. The Hall–Kier alpha value is -2.22. The summed E-state index contributed by atoms with van der Waals surface area (Å²) in [5.41, 5.74) is 0.795. The van der Waals surface area contributed by atoms with Crippen LogP contribution in [0.1, 0.15) is 44.9 Å². The van der Waals surface area contributed by atoms with Gasteiger partial charge in [0, 0.05) is 25.4 Å². The molecule has 132 valence electrons. The SMILES string of the molecule is CCn1c(=O)c2sccc2n2c(CCC(=O)NC3CCCC3)nnc12. The van der Waals surface area contributed by atoms with E-state index >= 15 is 0 Å². The van der Waals surface area contributed by atoms with Gasteiger partial charge in [-0.3, -0.25) is 18.6 Å². The fourth-order valence-electron chi connectivity index (χ4n) is 3.62. The van der Waals surface area contributed by atoms with Gasteiger partial charge < -0.3 is 5.32 Å². The van der Waals surface area contributed by atoms with Crippen molar-refractivity contribution in [1.82, 2.24) is 24.5 Å². The van der Waals surface area contributed by atoms with Gasteiger partial charge in [-0.1, -0.05) is 12.8 Å². The Morgan fingerprint density at radius 3 is 2.92 bits per heavy atom. The van der Waals surface area contributed by atoms with Crippen molar-refractivity contribution in [2.75, 3.05) is 0 Å². The fourth-order valence-corrected chi connectivity index (χ4v) is 4.45. The molecule has 4 rings (SSSR count). The standard InChI is InChI=1S/C17H21N5O2S/c1-2-21-16(24)15-12(9-10-25-15)22-13(19-20-17(21)22)7-8-14(23)18-11-5-3-4-6-11/h9-11H,2-8H2,1H3,(H,18,23). The molecule has 0 saturated heterocycles. The molecule has 0 radical (unpaired) electrons. The minimum Gasteiger partial charge on any atom is -0.353 e. The highest BCUT2D eigenvalue weighted by Crippen LogP contribution is 2.21. The number of hydrogen-bond donors (Lipinski definition) is 1. The number of hydrogen-bond acceptors (Lipinski definition) is 5.